The molecule has 0 unspecified atom stereocenters. The van der Waals surface area contributed by atoms with Crippen molar-refractivity contribution in [3.05, 3.63) is 96.6 Å². The lowest BCUT2D eigenvalue weighted by atomic mass is 10.2. The van der Waals surface area contributed by atoms with Gasteiger partial charge >= 0.3 is 11.1 Å². The summed E-state index contributed by atoms with van der Waals surface area (Å²) in [5.74, 6) is 0.871. The number of imidazole rings is 1. The zero-order valence-electron chi connectivity index (χ0n) is 15.6. The number of aromatic amines is 1. The zero-order chi connectivity index (χ0) is 20.8. The summed E-state index contributed by atoms with van der Waals surface area (Å²) >= 11 is 0. The van der Waals surface area contributed by atoms with Gasteiger partial charge in [0.05, 0.1) is 12.8 Å². The van der Waals surface area contributed by atoms with Gasteiger partial charge in [0.25, 0.3) is 11.3 Å². The molecule has 148 valence electrons. The number of methoxy groups -OCH3 is 1. The van der Waals surface area contributed by atoms with E-state index in [0.29, 0.717) is 11.4 Å². The molecule has 0 bridgehead atoms. The molecule has 0 amide bonds. The molecule has 0 aliphatic rings. The molecule has 3 heterocycles. The van der Waals surface area contributed by atoms with E-state index < -0.39 is 11.1 Å². The van der Waals surface area contributed by atoms with Gasteiger partial charge in [-0.3, -0.25) is 14.4 Å². The summed E-state index contributed by atoms with van der Waals surface area (Å²) in [7, 11) is 1.57. The van der Waals surface area contributed by atoms with E-state index in [0.717, 1.165) is 10.1 Å². The minimum atomic E-state index is -0.900. The van der Waals surface area contributed by atoms with Crippen LogP contribution in [0.1, 0.15) is 5.56 Å². The van der Waals surface area contributed by atoms with E-state index in [9.17, 15) is 14.4 Å². The third-order valence-electron chi connectivity index (χ3n) is 4.72. The standard InChI is InChI=1S/C20H14N6O4/c1-30-14-9-7-12(8-10-14)11-15-17(28)24(13-5-3-2-4-6-13)20-23-26-18(29)16(27)21-22-19(26)25(15)20/h2-11H,1H3,(H,21,27)/b15-11+. The third-order valence-corrected chi connectivity index (χ3v) is 4.72. The molecular weight excluding hydrogens is 388 g/mol. The zero-order valence-corrected chi connectivity index (χ0v) is 15.6. The molecule has 30 heavy (non-hydrogen) atoms. The van der Waals surface area contributed by atoms with Gasteiger partial charge in [0, 0.05) is 0 Å². The Morgan fingerprint density at radius 2 is 1.67 bits per heavy atom. The fourth-order valence-corrected chi connectivity index (χ4v) is 3.30. The van der Waals surface area contributed by atoms with Crippen molar-refractivity contribution in [2.45, 2.75) is 0 Å². The normalized spacial score (nSPS) is 12.1. The molecule has 0 saturated heterocycles. The van der Waals surface area contributed by atoms with E-state index >= 15 is 0 Å². The van der Waals surface area contributed by atoms with Crippen LogP contribution in [0.25, 0.3) is 23.3 Å². The summed E-state index contributed by atoms with van der Waals surface area (Å²) in [5.41, 5.74) is -0.827. The largest absolute Gasteiger partial charge is 0.497 e. The van der Waals surface area contributed by atoms with Crippen molar-refractivity contribution in [3.63, 3.8) is 0 Å². The van der Waals surface area contributed by atoms with E-state index in [1.807, 2.05) is 6.07 Å². The number of ether oxygens (including phenoxy) is 1. The lowest BCUT2D eigenvalue weighted by Gasteiger charge is -1.99. The highest BCUT2D eigenvalue weighted by atomic mass is 16.5. The number of H-pyrrole nitrogens is 1. The van der Waals surface area contributed by atoms with Crippen molar-refractivity contribution >= 4 is 17.6 Å². The van der Waals surface area contributed by atoms with Gasteiger partial charge in [0.1, 0.15) is 11.1 Å². The third kappa shape index (κ3) is 2.54. The number of aromatic nitrogens is 6. The van der Waals surface area contributed by atoms with Crippen LogP contribution in [0.3, 0.4) is 0 Å². The maximum Gasteiger partial charge on any atom is 0.341 e. The average molecular weight is 402 g/mol. The first kappa shape index (κ1) is 17.6. The lowest BCUT2D eigenvalue weighted by Crippen LogP contribution is -2.36. The number of rotatable bonds is 3. The Labute approximate surface area is 166 Å². The van der Waals surface area contributed by atoms with Crippen LogP contribution >= 0.6 is 0 Å². The molecule has 0 spiro atoms. The second-order valence-electron chi connectivity index (χ2n) is 6.48. The SMILES string of the molecule is COc1ccc(/C=c2\c(=O)n(-c3ccccc3)c3nn4c(=O)c(=O)[nH]nc4n23)cc1. The molecule has 10 heteroatoms. The van der Waals surface area contributed by atoms with Crippen molar-refractivity contribution < 1.29 is 4.74 Å². The maximum atomic E-state index is 13.3. The molecule has 10 nitrogen and oxygen atoms in total. The monoisotopic (exact) mass is 402 g/mol. The molecule has 0 saturated carbocycles. The van der Waals surface area contributed by atoms with E-state index in [1.165, 1.54) is 8.97 Å². The van der Waals surface area contributed by atoms with Crippen LogP contribution in [-0.2, 0) is 0 Å². The first-order chi connectivity index (χ1) is 14.6. The second-order valence-corrected chi connectivity index (χ2v) is 6.48. The van der Waals surface area contributed by atoms with Gasteiger partial charge in [-0.25, -0.2) is 14.1 Å². The number of nitrogens with one attached hydrogen (secondary N) is 1. The van der Waals surface area contributed by atoms with Crippen LogP contribution < -0.4 is 26.8 Å². The van der Waals surface area contributed by atoms with Crippen LogP contribution in [0.2, 0.25) is 0 Å². The Bertz CT molecular complexity index is 1630. The van der Waals surface area contributed by atoms with Crippen molar-refractivity contribution in [1.29, 1.82) is 0 Å². The van der Waals surface area contributed by atoms with Gasteiger partial charge < -0.3 is 4.74 Å². The topological polar surface area (TPSA) is 116 Å². The minimum Gasteiger partial charge on any atom is -0.497 e. The number of para-hydroxylation sites is 1. The van der Waals surface area contributed by atoms with Gasteiger partial charge in [0.2, 0.25) is 5.78 Å². The Kier molecular flexibility index (Phi) is 3.85. The molecular formula is C20H14N6O4. The van der Waals surface area contributed by atoms with E-state index in [2.05, 4.69) is 15.3 Å². The van der Waals surface area contributed by atoms with Gasteiger partial charge in [-0.15, -0.1) is 10.2 Å². The maximum absolute atomic E-state index is 13.3. The minimum absolute atomic E-state index is 0.0288. The van der Waals surface area contributed by atoms with Crippen LogP contribution in [-0.4, -0.2) is 35.9 Å². The molecule has 0 fully saturated rings. The van der Waals surface area contributed by atoms with Crippen molar-refractivity contribution in [2.24, 2.45) is 0 Å². The fraction of sp³-hybridized carbons (Fsp3) is 0.0500. The summed E-state index contributed by atoms with van der Waals surface area (Å²) in [4.78, 5) is 37.3. The molecule has 0 aliphatic carbocycles. The molecule has 5 aromatic rings. The highest BCUT2D eigenvalue weighted by Crippen LogP contribution is 2.12. The first-order valence-corrected chi connectivity index (χ1v) is 8.94. The molecule has 2 aromatic carbocycles. The quantitative estimate of drug-likeness (QED) is 0.416. The fourth-order valence-electron chi connectivity index (χ4n) is 3.30. The summed E-state index contributed by atoms with van der Waals surface area (Å²) in [6.45, 7) is 0. The molecule has 0 atom stereocenters. The number of fused-ring (bicyclic) bond motifs is 3. The van der Waals surface area contributed by atoms with Crippen molar-refractivity contribution in [3.8, 4) is 11.4 Å². The van der Waals surface area contributed by atoms with Gasteiger partial charge in [-0.2, -0.15) is 4.52 Å². The Morgan fingerprint density at radius 3 is 2.37 bits per heavy atom. The molecule has 0 radical (unpaired) electrons. The Balaban J connectivity index is 1.94. The lowest BCUT2D eigenvalue weighted by molar-refractivity contribution is 0.415. The number of hydrogen-bond acceptors (Lipinski definition) is 6. The summed E-state index contributed by atoms with van der Waals surface area (Å²) in [6.07, 6.45) is 1.66. The number of benzene rings is 2. The molecule has 3 aromatic heterocycles. The van der Waals surface area contributed by atoms with Crippen molar-refractivity contribution in [1.82, 2.24) is 28.8 Å². The average Bonchev–Trinajstić information content (AvgIpc) is 3.27. The van der Waals surface area contributed by atoms with E-state index in [1.54, 1.807) is 61.7 Å². The van der Waals surface area contributed by atoms with Crippen molar-refractivity contribution in [2.75, 3.05) is 7.11 Å². The summed E-state index contributed by atoms with van der Waals surface area (Å²) in [6, 6.07) is 16.0. The number of nitrogens with zero attached hydrogens (tertiary/aromatic N) is 5. The molecule has 0 aliphatic heterocycles. The van der Waals surface area contributed by atoms with E-state index in [4.69, 9.17) is 4.74 Å². The Hall–Kier alpha value is -4.47. The van der Waals surface area contributed by atoms with Crippen LogP contribution in [0, 0.1) is 0 Å². The highest BCUT2D eigenvalue weighted by Gasteiger charge is 2.19. The van der Waals surface area contributed by atoms with Crippen LogP contribution in [0.5, 0.6) is 5.75 Å². The smallest absolute Gasteiger partial charge is 0.341 e. The predicted octanol–water partition coefficient (Wildman–Crippen LogP) is -0.262. The van der Waals surface area contributed by atoms with Crippen LogP contribution in [0.15, 0.2) is 69.0 Å². The van der Waals surface area contributed by atoms with Gasteiger partial charge in [-0.05, 0) is 35.9 Å². The summed E-state index contributed by atoms with van der Waals surface area (Å²) in [5, 5.41) is 10.5. The second kappa shape index (κ2) is 6.55. The van der Waals surface area contributed by atoms with Gasteiger partial charge in [0.15, 0.2) is 0 Å². The first-order valence-electron chi connectivity index (χ1n) is 8.94. The molecule has 5 rings (SSSR count). The Morgan fingerprint density at radius 1 is 0.933 bits per heavy atom. The molecule has 1 N–H and O–H groups in total. The highest BCUT2D eigenvalue weighted by molar-refractivity contribution is 5.56. The van der Waals surface area contributed by atoms with E-state index in [-0.39, 0.29) is 22.5 Å². The number of hydrogen-bond donors (Lipinski definition) is 1. The van der Waals surface area contributed by atoms with Crippen LogP contribution in [0.4, 0.5) is 0 Å². The predicted molar refractivity (Wildman–Crippen MR) is 108 cm³/mol. The summed E-state index contributed by atoms with van der Waals surface area (Å²) < 4.78 is 8.87. The van der Waals surface area contributed by atoms with Gasteiger partial charge in [-0.1, -0.05) is 30.3 Å².